The van der Waals surface area contributed by atoms with E-state index in [4.69, 9.17) is 9.47 Å². The number of amides is 2. The van der Waals surface area contributed by atoms with Crippen molar-refractivity contribution >= 4 is 30.3 Å². The molecule has 1 aromatic carbocycles. The van der Waals surface area contributed by atoms with Crippen LogP contribution in [0, 0.1) is 0 Å². The summed E-state index contributed by atoms with van der Waals surface area (Å²) in [6.45, 7) is 0. The fraction of sp³-hybridized carbons (Fsp3) is 0.286. The van der Waals surface area contributed by atoms with Gasteiger partial charge < -0.3 is 14.6 Å². The molecule has 3 rings (SSSR count). The fourth-order valence-corrected chi connectivity index (χ4v) is 2.92. The van der Waals surface area contributed by atoms with E-state index < -0.39 is 17.9 Å². The summed E-state index contributed by atoms with van der Waals surface area (Å²) in [5.41, 5.74) is 0.563. The van der Waals surface area contributed by atoms with E-state index in [1.54, 1.807) is 0 Å². The van der Waals surface area contributed by atoms with Crippen molar-refractivity contribution in [1.82, 2.24) is 4.90 Å². The lowest BCUT2D eigenvalue weighted by molar-refractivity contribution is -0.120. The van der Waals surface area contributed by atoms with Gasteiger partial charge in [0.2, 0.25) is 0 Å². The quantitative estimate of drug-likeness (QED) is 0.807. The number of fused-ring (bicyclic) bond motifs is 2. The van der Waals surface area contributed by atoms with Gasteiger partial charge in [0, 0.05) is 18.7 Å². The van der Waals surface area contributed by atoms with Crippen LogP contribution in [0.15, 0.2) is 24.1 Å². The Kier molecular flexibility index (Phi) is 3.40. The van der Waals surface area contributed by atoms with Crippen molar-refractivity contribution in [3.63, 3.8) is 0 Å². The van der Waals surface area contributed by atoms with Crippen LogP contribution in [-0.2, 0) is 4.79 Å². The zero-order chi connectivity index (χ0) is 16.0. The van der Waals surface area contributed by atoms with Gasteiger partial charge in [-0.05, 0) is 6.07 Å². The molecule has 0 bridgehead atoms. The standard InChI is InChI=1S/C14H14N2O5S/c1-20-11-4-8-9(5-12(11)21-2)16(22)14(19)10-3-7(17)6-15(10)13(8)18/h4-6,10,17,22H,3H2,1-2H3. The van der Waals surface area contributed by atoms with Crippen LogP contribution in [0.25, 0.3) is 0 Å². The molecular formula is C14H14N2O5S. The maximum Gasteiger partial charge on any atom is 0.260 e. The zero-order valence-corrected chi connectivity index (χ0v) is 12.8. The van der Waals surface area contributed by atoms with Crippen molar-refractivity contribution in [2.45, 2.75) is 12.5 Å². The van der Waals surface area contributed by atoms with Crippen LogP contribution >= 0.6 is 12.8 Å². The van der Waals surface area contributed by atoms with Gasteiger partial charge in [-0.25, -0.2) is 0 Å². The van der Waals surface area contributed by atoms with Gasteiger partial charge in [0.15, 0.2) is 11.5 Å². The molecule has 2 heterocycles. The molecule has 0 radical (unpaired) electrons. The van der Waals surface area contributed by atoms with Gasteiger partial charge in [-0.15, -0.1) is 0 Å². The summed E-state index contributed by atoms with van der Waals surface area (Å²) in [6, 6.07) is 2.23. The number of methoxy groups -OCH3 is 2. The van der Waals surface area contributed by atoms with Crippen LogP contribution in [0.5, 0.6) is 11.5 Å². The molecule has 8 heteroatoms. The third-order valence-corrected chi connectivity index (χ3v) is 4.13. The first-order valence-electron chi connectivity index (χ1n) is 6.49. The molecule has 2 amide bonds. The SMILES string of the molecule is COc1cc2c(cc1OC)N(S)C(=O)C1CC(O)=CN1C2=O. The van der Waals surface area contributed by atoms with Gasteiger partial charge in [-0.1, -0.05) is 12.8 Å². The largest absolute Gasteiger partial charge is 0.511 e. The minimum absolute atomic E-state index is 0.0163. The topological polar surface area (TPSA) is 79.3 Å². The van der Waals surface area contributed by atoms with Crippen LogP contribution in [0.2, 0.25) is 0 Å². The third kappa shape index (κ3) is 1.98. The average molecular weight is 322 g/mol. The maximum atomic E-state index is 12.7. The summed E-state index contributed by atoms with van der Waals surface area (Å²) in [7, 11) is 2.92. The van der Waals surface area contributed by atoms with Gasteiger partial charge >= 0.3 is 0 Å². The second-order valence-electron chi connectivity index (χ2n) is 4.93. The zero-order valence-electron chi connectivity index (χ0n) is 11.9. The number of carbonyl (C=O) groups excluding carboxylic acids is 2. The average Bonchev–Trinajstić information content (AvgIpc) is 2.90. The molecule has 1 unspecified atom stereocenters. The van der Waals surface area contributed by atoms with Gasteiger partial charge in [-0.2, -0.15) is 0 Å². The molecule has 2 aliphatic heterocycles. The molecule has 1 atom stereocenters. The first-order valence-corrected chi connectivity index (χ1v) is 6.89. The van der Waals surface area contributed by atoms with Crippen molar-refractivity contribution in [3.8, 4) is 11.5 Å². The van der Waals surface area contributed by atoms with Crippen LogP contribution in [-0.4, -0.2) is 42.1 Å². The smallest absolute Gasteiger partial charge is 0.260 e. The molecule has 1 N–H and O–H groups in total. The molecule has 7 nitrogen and oxygen atoms in total. The van der Waals surface area contributed by atoms with Crippen molar-refractivity contribution in [1.29, 1.82) is 0 Å². The normalized spacial score (nSPS) is 20.3. The Hall–Kier alpha value is -2.35. The lowest BCUT2D eigenvalue weighted by Gasteiger charge is -2.20. The molecule has 0 saturated carbocycles. The van der Waals surface area contributed by atoms with E-state index in [1.165, 1.54) is 37.5 Å². The van der Waals surface area contributed by atoms with Crippen molar-refractivity contribution in [3.05, 3.63) is 29.7 Å². The van der Waals surface area contributed by atoms with E-state index in [9.17, 15) is 14.7 Å². The van der Waals surface area contributed by atoms with Crippen molar-refractivity contribution in [2.75, 3.05) is 18.5 Å². The fourth-order valence-electron chi connectivity index (χ4n) is 2.62. The van der Waals surface area contributed by atoms with E-state index in [0.29, 0.717) is 17.2 Å². The Morgan fingerprint density at radius 1 is 1.23 bits per heavy atom. The summed E-state index contributed by atoms with van der Waals surface area (Å²) < 4.78 is 11.5. The molecule has 2 aliphatic rings. The van der Waals surface area contributed by atoms with E-state index in [0.717, 1.165) is 4.31 Å². The first kappa shape index (κ1) is 14.6. The summed E-state index contributed by atoms with van der Waals surface area (Å²) in [6.07, 6.45) is 1.35. The highest BCUT2D eigenvalue weighted by atomic mass is 32.1. The molecular weight excluding hydrogens is 308 g/mol. The second kappa shape index (κ2) is 5.13. The number of hydrogen-bond acceptors (Lipinski definition) is 6. The minimum Gasteiger partial charge on any atom is -0.511 e. The molecule has 0 aromatic heterocycles. The summed E-state index contributed by atoms with van der Waals surface area (Å²) >= 11 is 4.21. The maximum absolute atomic E-state index is 12.7. The molecule has 0 fully saturated rings. The number of aliphatic hydroxyl groups excluding tert-OH is 1. The molecule has 116 valence electrons. The van der Waals surface area contributed by atoms with Gasteiger partial charge in [0.05, 0.1) is 25.5 Å². The molecule has 0 saturated heterocycles. The Bertz CT molecular complexity index is 703. The predicted molar refractivity (Wildman–Crippen MR) is 81.3 cm³/mol. The number of carbonyl (C=O) groups is 2. The van der Waals surface area contributed by atoms with E-state index in [-0.39, 0.29) is 17.7 Å². The lowest BCUT2D eigenvalue weighted by Crippen LogP contribution is -2.40. The number of hydrogen-bond donors (Lipinski definition) is 2. The van der Waals surface area contributed by atoms with Crippen LogP contribution in [0.1, 0.15) is 16.8 Å². The highest BCUT2D eigenvalue weighted by molar-refractivity contribution is 7.82. The van der Waals surface area contributed by atoms with Crippen LogP contribution < -0.4 is 13.8 Å². The number of benzene rings is 1. The third-order valence-electron chi connectivity index (χ3n) is 3.72. The molecule has 0 aliphatic carbocycles. The predicted octanol–water partition coefficient (Wildman–Crippen LogP) is 1.51. The first-order chi connectivity index (χ1) is 10.5. The monoisotopic (exact) mass is 322 g/mol. The van der Waals surface area contributed by atoms with Gasteiger partial charge in [0.1, 0.15) is 11.8 Å². The summed E-state index contributed by atoms with van der Waals surface area (Å²) in [4.78, 5) is 26.4. The highest BCUT2D eigenvalue weighted by Gasteiger charge is 2.42. The van der Waals surface area contributed by atoms with Crippen LogP contribution in [0.3, 0.4) is 0 Å². The number of thiol groups is 1. The van der Waals surface area contributed by atoms with E-state index in [2.05, 4.69) is 12.8 Å². The number of aliphatic hydroxyl groups is 1. The number of ether oxygens (including phenoxy) is 2. The summed E-state index contributed by atoms with van der Waals surface area (Å²) in [5.74, 6) is -0.0637. The number of nitrogens with zero attached hydrogens (tertiary/aromatic N) is 2. The Labute approximate surface area is 132 Å². The summed E-state index contributed by atoms with van der Waals surface area (Å²) in [5, 5.41) is 9.63. The Balaban J connectivity index is 2.20. The highest BCUT2D eigenvalue weighted by Crippen LogP contribution is 2.40. The number of rotatable bonds is 2. The molecule has 22 heavy (non-hydrogen) atoms. The second-order valence-corrected chi connectivity index (χ2v) is 5.33. The Morgan fingerprint density at radius 3 is 2.50 bits per heavy atom. The van der Waals surface area contributed by atoms with Gasteiger partial charge in [0.25, 0.3) is 11.8 Å². The van der Waals surface area contributed by atoms with Crippen molar-refractivity contribution < 1.29 is 24.2 Å². The minimum atomic E-state index is -0.797. The lowest BCUT2D eigenvalue weighted by atomic mass is 10.1. The van der Waals surface area contributed by atoms with E-state index >= 15 is 0 Å². The van der Waals surface area contributed by atoms with E-state index in [1.807, 2.05) is 0 Å². The number of anilines is 1. The molecule has 0 spiro atoms. The van der Waals surface area contributed by atoms with Crippen LogP contribution in [0.4, 0.5) is 5.69 Å². The van der Waals surface area contributed by atoms with Gasteiger partial charge in [-0.3, -0.25) is 18.8 Å². The van der Waals surface area contributed by atoms with Crippen molar-refractivity contribution in [2.24, 2.45) is 0 Å². The molecule has 1 aromatic rings. The Morgan fingerprint density at radius 2 is 1.86 bits per heavy atom.